The van der Waals surface area contributed by atoms with Gasteiger partial charge >= 0.3 is 0 Å². The van der Waals surface area contributed by atoms with E-state index in [2.05, 4.69) is 5.32 Å². The largest absolute Gasteiger partial charge is 0.497 e. The van der Waals surface area contributed by atoms with Crippen LogP contribution in [0.15, 0.2) is 90.3 Å². The topological polar surface area (TPSA) is 71.5 Å². The summed E-state index contributed by atoms with van der Waals surface area (Å²) in [6, 6.07) is 26.0. The van der Waals surface area contributed by atoms with Crippen LogP contribution in [0.4, 0.5) is 5.69 Å². The van der Waals surface area contributed by atoms with Crippen LogP contribution in [0.25, 0.3) is 11.3 Å². The molecular formula is C30H31N3O3S. The molecule has 2 amide bonds. The Morgan fingerprint density at radius 3 is 2.22 bits per heavy atom. The van der Waals surface area contributed by atoms with Crippen molar-refractivity contribution in [1.82, 2.24) is 9.88 Å². The molecule has 7 heteroatoms. The van der Waals surface area contributed by atoms with Gasteiger partial charge in [-0.3, -0.25) is 9.59 Å². The molecule has 1 atom stereocenters. The fourth-order valence-corrected chi connectivity index (χ4v) is 4.98. The first-order chi connectivity index (χ1) is 17.9. The Morgan fingerprint density at radius 2 is 1.59 bits per heavy atom. The molecule has 4 aromatic rings. The van der Waals surface area contributed by atoms with E-state index in [0.29, 0.717) is 11.4 Å². The van der Waals surface area contributed by atoms with Gasteiger partial charge in [-0.25, -0.2) is 4.98 Å². The van der Waals surface area contributed by atoms with Crippen molar-refractivity contribution in [3.63, 3.8) is 0 Å². The average molecular weight is 514 g/mol. The van der Waals surface area contributed by atoms with Gasteiger partial charge in [0.1, 0.15) is 16.8 Å². The van der Waals surface area contributed by atoms with Crippen molar-refractivity contribution >= 4 is 28.8 Å². The summed E-state index contributed by atoms with van der Waals surface area (Å²) < 4.78 is 5.22. The first-order valence-corrected chi connectivity index (χ1v) is 13.1. The minimum atomic E-state index is -0.678. The van der Waals surface area contributed by atoms with Crippen molar-refractivity contribution in [2.45, 2.75) is 32.9 Å². The molecule has 4 rings (SSSR count). The number of carbonyl (C=O) groups is 2. The van der Waals surface area contributed by atoms with E-state index in [1.807, 2.05) is 79.9 Å². The number of hydrogen-bond acceptors (Lipinski definition) is 5. The third kappa shape index (κ3) is 6.83. The van der Waals surface area contributed by atoms with Gasteiger partial charge in [0, 0.05) is 16.6 Å². The van der Waals surface area contributed by atoms with E-state index in [4.69, 9.17) is 9.72 Å². The Balaban J connectivity index is 1.61. The van der Waals surface area contributed by atoms with Gasteiger partial charge in [0.25, 0.3) is 0 Å². The summed E-state index contributed by atoms with van der Waals surface area (Å²) in [6.07, 6.45) is 0.205. The van der Waals surface area contributed by atoms with E-state index in [0.717, 1.165) is 21.8 Å². The Bertz CT molecular complexity index is 1300. The predicted octanol–water partition coefficient (Wildman–Crippen LogP) is 6.05. The van der Waals surface area contributed by atoms with E-state index in [1.165, 1.54) is 11.3 Å². The molecule has 0 bridgehead atoms. The summed E-state index contributed by atoms with van der Waals surface area (Å²) in [6.45, 7) is 4.17. The fraction of sp³-hybridized carbons (Fsp3) is 0.233. The predicted molar refractivity (Wildman–Crippen MR) is 148 cm³/mol. The zero-order chi connectivity index (χ0) is 26.2. The monoisotopic (exact) mass is 513 g/mol. The van der Waals surface area contributed by atoms with E-state index in [-0.39, 0.29) is 30.7 Å². The average Bonchev–Trinajstić information content (AvgIpc) is 3.38. The van der Waals surface area contributed by atoms with Crippen molar-refractivity contribution in [2.75, 3.05) is 12.4 Å². The highest BCUT2D eigenvalue weighted by Crippen LogP contribution is 2.25. The van der Waals surface area contributed by atoms with E-state index >= 15 is 0 Å². The third-order valence-corrected chi connectivity index (χ3v) is 6.87. The normalized spacial score (nSPS) is 11.7. The smallest absolute Gasteiger partial charge is 0.247 e. The molecule has 0 radical (unpaired) electrons. The van der Waals surface area contributed by atoms with E-state index in [9.17, 15) is 9.59 Å². The van der Waals surface area contributed by atoms with Crippen LogP contribution >= 0.6 is 11.3 Å². The minimum Gasteiger partial charge on any atom is -0.497 e. The molecule has 0 spiro atoms. The zero-order valence-corrected chi connectivity index (χ0v) is 22.1. The molecule has 37 heavy (non-hydrogen) atoms. The fourth-order valence-electron chi connectivity index (χ4n) is 4.18. The SMILES string of the molecule is COc1ccc(NC(=O)C(C(C)C)N(Cc2nc(-c3ccccc3)cs2)C(=O)Cc2ccccc2)cc1. The minimum absolute atomic E-state index is 0.119. The second-order valence-corrected chi connectivity index (χ2v) is 10.0. The van der Waals surface area contributed by atoms with Crippen LogP contribution in [-0.2, 0) is 22.6 Å². The molecule has 0 saturated carbocycles. The molecule has 3 aromatic carbocycles. The summed E-state index contributed by atoms with van der Waals surface area (Å²) >= 11 is 1.49. The lowest BCUT2D eigenvalue weighted by Crippen LogP contribution is -2.50. The summed E-state index contributed by atoms with van der Waals surface area (Å²) in [7, 11) is 1.60. The van der Waals surface area contributed by atoms with Gasteiger partial charge in [-0.05, 0) is 35.7 Å². The number of rotatable bonds is 10. The van der Waals surface area contributed by atoms with Gasteiger partial charge < -0.3 is 15.0 Å². The number of amides is 2. The molecule has 0 fully saturated rings. The first kappa shape index (κ1) is 26.1. The number of thiazole rings is 1. The van der Waals surface area contributed by atoms with Gasteiger partial charge in [-0.1, -0.05) is 74.5 Å². The number of ether oxygens (including phenoxy) is 1. The Labute approximate surface area is 221 Å². The highest BCUT2D eigenvalue weighted by molar-refractivity contribution is 7.09. The van der Waals surface area contributed by atoms with Crippen LogP contribution in [0.2, 0.25) is 0 Å². The van der Waals surface area contributed by atoms with Crippen molar-refractivity contribution in [2.24, 2.45) is 5.92 Å². The Morgan fingerprint density at radius 1 is 0.946 bits per heavy atom. The number of carbonyl (C=O) groups excluding carboxylic acids is 2. The molecular weight excluding hydrogens is 482 g/mol. The molecule has 1 aromatic heterocycles. The maximum absolute atomic E-state index is 13.7. The lowest BCUT2D eigenvalue weighted by atomic mass is 10.00. The van der Waals surface area contributed by atoms with Crippen LogP contribution in [0.3, 0.4) is 0 Å². The Hall–Kier alpha value is -3.97. The molecule has 0 aliphatic heterocycles. The van der Waals surface area contributed by atoms with Gasteiger partial charge in [0.2, 0.25) is 11.8 Å². The number of benzene rings is 3. The number of nitrogens with zero attached hydrogens (tertiary/aromatic N) is 2. The van der Waals surface area contributed by atoms with Crippen LogP contribution < -0.4 is 10.1 Å². The number of hydrogen-bond donors (Lipinski definition) is 1. The molecule has 1 heterocycles. The highest BCUT2D eigenvalue weighted by atomic mass is 32.1. The number of aromatic nitrogens is 1. The van der Waals surface area contributed by atoms with Crippen molar-refractivity contribution in [3.8, 4) is 17.0 Å². The number of methoxy groups -OCH3 is 1. The maximum atomic E-state index is 13.7. The van der Waals surface area contributed by atoms with Gasteiger partial charge in [0.05, 0.1) is 25.8 Å². The van der Waals surface area contributed by atoms with Gasteiger partial charge in [-0.15, -0.1) is 11.3 Å². The van der Waals surface area contributed by atoms with E-state index in [1.54, 1.807) is 36.3 Å². The number of anilines is 1. The van der Waals surface area contributed by atoms with Crippen molar-refractivity contribution in [3.05, 3.63) is 101 Å². The zero-order valence-electron chi connectivity index (χ0n) is 21.3. The summed E-state index contributed by atoms with van der Waals surface area (Å²) in [5, 5.41) is 5.76. The standard InChI is InChI=1S/C30H31N3O3S/c1-21(2)29(30(35)31-24-14-16-25(36-3)17-15-24)33(28(34)18-22-10-6-4-7-11-22)19-27-32-26(20-37-27)23-12-8-5-9-13-23/h4-17,20-21,29H,18-19H2,1-3H3,(H,31,35). The van der Waals surface area contributed by atoms with Crippen LogP contribution in [0.1, 0.15) is 24.4 Å². The Kier molecular flexibility index (Phi) is 8.69. The van der Waals surface area contributed by atoms with Crippen molar-refractivity contribution in [1.29, 1.82) is 0 Å². The van der Waals surface area contributed by atoms with Crippen molar-refractivity contribution < 1.29 is 14.3 Å². The lowest BCUT2D eigenvalue weighted by Gasteiger charge is -2.33. The van der Waals surface area contributed by atoms with Gasteiger partial charge in [-0.2, -0.15) is 0 Å². The van der Waals surface area contributed by atoms with E-state index < -0.39 is 6.04 Å². The van der Waals surface area contributed by atoms with Crippen LogP contribution in [0, 0.1) is 5.92 Å². The second-order valence-electron chi connectivity index (χ2n) is 9.08. The molecule has 190 valence electrons. The maximum Gasteiger partial charge on any atom is 0.247 e. The molecule has 6 nitrogen and oxygen atoms in total. The third-order valence-electron chi connectivity index (χ3n) is 6.04. The summed E-state index contributed by atoms with van der Waals surface area (Å²) in [5.41, 5.74) is 3.43. The van der Waals surface area contributed by atoms with Crippen LogP contribution in [0.5, 0.6) is 5.75 Å². The quantitative estimate of drug-likeness (QED) is 0.280. The van der Waals surface area contributed by atoms with Gasteiger partial charge in [0.15, 0.2) is 0 Å². The molecule has 1 N–H and O–H groups in total. The van der Waals surface area contributed by atoms with Crippen LogP contribution in [-0.4, -0.2) is 34.8 Å². The first-order valence-electron chi connectivity index (χ1n) is 12.2. The molecule has 0 aliphatic carbocycles. The lowest BCUT2D eigenvalue weighted by molar-refractivity contribution is -0.140. The summed E-state index contributed by atoms with van der Waals surface area (Å²) in [4.78, 5) is 33.7. The highest BCUT2D eigenvalue weighted by Gasteiger charge is 2.33. The summed E-state index contributed by atoms with van der Waals surface area (Å²) in [5.74, 6) is 0.232. The molecule has 0 saturated heterocycles. The molecule has 1 unspecified atom stereocenters. The molecule has 0 aliphatic rings. The second kappa shape index (κ2) is 12.3. The number of nitrogens with one attached hydrogen (secondary N) is 1.